The van der Waals surface area contributed by atoms with Gasteiger partial charge in [0.05, 0.1) is 6.10 Å². The zero-order chi connectivity index (χ0) is 12.6. The van der Waals surface area contributed by atoms with Crippen LogP contribution in [0, 0.1) is 11.2 Å². The molecule has 0 saturated heterocycles. The fraction of sp³-hybridized carbons (Fsp3) is 0.571. The quantitative estimate of drug-likeness (QED) is 0.871. The van der Waals surface area contributed by atoms with Gasteiger partial charge in [-0.2, -0.15) is 0 Å². The maximum absolute atomic E-state index is 13.8. The predicted molar refractivity (Wildman–Crippen MR) is 66.4 cm³/mol. The number of hydrogen-bond acceptors (Lipinski definition) is 2. The summed E-state index contributed by atoms with van der Waals surface area (Å²) >= 11 is 0. The van der Waals surface area contributed by atoms with Crippen molar-refractivity contribution in [3.05, 3.63) is 29.6 Å². The van der Waals surface area contributed by atoms with E-state index in [4.69, 9.17) is 10.5 Å². The van der Waals surface area contributed by atoms with Crippen LogP contribution in [0.25, 0.3) is 0 Å². The highest BCUT2D eigenvalue weighted by molar-refractivity contribution is 5.32. The Kier molecular flexibility index (Phi) is 3.13. The number of benzene rings is 1. The normalized spacial score (nSPS) is 19.2. The first-order valence-electron chi connectivity index (χ1n) is 6.14. The predicted octanol–water partition coefficient (Wildman–Crippen LogP) is 3.41. The van der Waals surface area contributed by atoms with Crippen LogP contribution in [0.15, 0.2) is 18.2 Å². The van der Waals surface area contributed by atoms with E-state index in [1.165, 1.54) is 6.07 Å². The first-order chi connectivity index (χ1) is 7.92. The number of halogens is 1. The van der Waals surface area contributed by atoms with Crippen molar-refractivity contribution >= 4 is 0 Å². The molecular formula is C14H20FNO. The molecule has 1 unspecified atom stereocenters. The van der Waals surface area contributed by atoms with Gasteiger partial charge in [-0.15, -0.1) is 0 Å². The van der Waals surface area contributed by atoms with Crippen molar-refractivity contribution in [2.24, 2.45) is 11.1 Å². The fourth-order valence-electron chi connectivity index (χ4n) is 1.97. The summed E-state index contributed by atoms with van der Waals surface area (Å²) in [5, 5.41) is 0. The van der Waals surface area contributed by atoms with E-state index in [0.29, 0.717) is 5.75 Å². The maximum Gasteiger partial charge on any atom is 0.165 e. The summed E-state index contributed by atoms with van der Waals surface area (Å²) in [6.45, 7) is 5.91. The number of rotatable bonds is 4. The van der Waals surface area contributed by atoms with Crippen LogP contribution >= 0.6 is 0 Å². The van der Waals surface area contributed by atoms with E-state index in [1.807, 2.05) is 19.9 Å². The van der Waals surface area contributed by atoms with Gasteiger partial charge in [0.15, 0.2) is 11.6 Å². The van der Waals surface area contributed by atoms with Crippen molar-refractivity contribution in [2.45, 2.75) is 45.8 Å². The molecule has 0 radical (unpaired) electrons. The number of nitrogens with two attached hydrogens (primary N) is 1. The third kappa shape index (κ3) is 2.60. The Hall–Kier alpha value is -1.09. The largest absolute Gasteiger partial charge is 0.488 e. The smallest absolute Gasteiger partial charge is 0.165 e. The van der Waals surface area contributed by atoms with Crippen molar-refractivity contribution in [1.29, 1.82) is 0 Å². The first-order valence-corrected chi connectivity index (χ1v) is 6.14. The van der Waals surface area contributed by atoms with E-state index in [2.05, 4.69) is 6.92 Å². The molecule has 0 bridgehead atoms. The van der Waals surface area contributed by atoms with Gasteiger partial charge >= 0.3 is 0 Å². The molecule has 0 heterocycles. The van der Waals surface area contributed by atoms with Gasteiger partial charge in [0.1, 0.15) is 0 Å². The molecule has 0 aliphatic heterocycles. The molecule has 1 saturated carbocycles. The lowest BCUT2D eigenvalue weighted by Crippen LogP contribution is -2.20. The Balaban J connectivity index is 2.18. The van der Waals surface area contributed by atoms with Crippen LogP contribution in [0.2, 0.25) is 0 Å². The Labute approximate surface area is 102 Å². The monoisotopic (exact) mass is 237 g/mol. The van der Waals surface area contributed by atoms with Gasteiger partial charge in [0, 0.05) is 6.04 Å². The minimum atomic E-state index is -0.323. The van der Waals surface area contributed by atoms with Gasteiger partial charge in [0.25, 0.3) is 0 Å². The molecule has 0 amide bonds. The average Bonchev–Trinajstić information content (AvgIpc) is 2.99. The lowest BCUT2D eigenvalue weighted by molar-refractivity contribution is 0.231. The molecule has 2 rings (SSSR count). The second-order valence-corrected chi connectivity index (χ2v) is 5.49. The van der Waals surface area contributed by atoms with Crippen LogP contribution in [-0.4, -0.2) is 6.10 Å². The third-order valence-corrected chi connectivity index (χ3v) is 3.47. The van der Waals surface area contributed by atoms with Crippen LogP contribution in [0.5, 0.6) is 5.75 Å². The second-order valence-electron chi connectivity index (χ2n) is 5.49. The summed E-state index contributed by atoms with van der Waals surface area (Å²) in [4.78, 5) is 0. The van der Waals surface area contributed by atoms with E-state index in [9.17, 15) is 4.39 Å². The van der Waals surface area contributed by atoms with Crippen LogP contribution in [0.3, 0.4) is 0 Å². The highest BCUT2D eigenvalue weighted by Crippen LogP contribution is 2.53. The van der Waals surface area contributed by atoms with Gasteiger partial charge in [-0.25, -0.2) is 4.39 Å². The minimum Gasteiger partial charge on any atom is -0.488 e. The van der Waals surface area contributed by atoms with Crippen LogP contribution < -0.4 is 10.5 Å². The number of hydrogen-bond donors (Lipinski definition) is 1. The maximum atomic E-state index is 13.8. The Bertz CT molecular complexity index is 413. The molecule has 3 heteroatoms. The van der Waals surface area contributed by atoms with E-state index in [-0.39, 0.29) is 23.4 Å². The third-order valence-electron chi connectivity index (χ3n) is 3.47. The molecule has 0 aromatic heterocycles. The number of ether oxygens (including phenoxy) is 1. The Morgan fingerprint density at radius 1 is 1.35 bits per heavy atom. The molecule has 0 spiro atoms. The summed E-state index contributed by atoms with van der Waals surface area (Å²) in [5.41, 5.74) is 7.17. The molecule has 1 fully saturated rings. The van der Waals surface area contributed by atoms with Gasteiger partial charge in [0.2, 0.25) is 0 Å². The van der Waals surface area contributed by atoms with Gasteiger partial charge < -0.3 is 10.5 Å². The van der Waals surface area contributed by atoms with Gasteiger partial charge in [-0.3, -0.25) is 0 Å². The molecule has 1 atom stereocenters. The van der Waals surface area contributed by atoms with Crippen molar-refractivity contribution in [1.82, 2.24) is 0 Å². The summed E-state index contributed by atoms with van der Waals surface area (Å²) in [6.07, 6.45) is 2.23. The first kappa shape index (κ1) is 12.4. The molecular weight excluding hydrogens is 217 g/mol. The minimum absolute atomic E-state index is 0.0232. The van der Waals surface area contributed by atoms with E-state index in [1.54, 1.807) is 6.07 Å². The molecule has 17 heavy (non-hydrogen) atoms. The highest BCUT2D eigenvalue weighted by Gasteiger charge is 2.43. The van der Waals surface area contributed by atoms with Crippen molar-refractivity contribution in [2.75, 3.05) is 0 Å². The SMILES string of the molecule is CC(C)Oc1ccc(C(N)C2(C)CC2)cc1F. The van der Waals surface area contributed by atoms with E-state index in [0.717, 1.165) is 18.4 Å². The second kappa shape index (κ2) is 4.30. The van der Waals surface area contributed by atoms with Crippen molar-refractivity contribution in [3.63, 3.8) is 0 Å². The van der Waals surface area contributed by atoms with E-state index < -0.39 is 0 Å². The van der Waals surface area contributed by atoms with Gasteiger partial charge in [-0.1, -0.05) is 13.0 Å². The average molecular weight is 237 g/mol. The zero-order valence-electron chi connectivity index (χ0n) is 10.7. The Morgan fingerprint density at radius 2 is 2.00 bits per heavy atom. The lowest BCUT2D eigenvalue weighted by Gasteiger charge is -2.20. The van der Waals surface area contributed by atoms with Crippen molar-refractivity contribution in [3.8, 4) is 5.75 Å². The van der Waals surface area contributed by atoms with E-state index >= 15 is 0 Å². The molecule has 2 nitrogen and oxygen atoms in total. The fourth-order valence-corrected chi connectivity index (χ4v) is 1.97. The molecule has 1 aromatic carbocycles. The topological polar surface area (TPSA) is 35.2 Å². The van der Waals surface area contributed by atoms with Gasteiger partial charge in [-0.05, 0) is 49.8 Å². The van der Waals surface area contributed by atoms with Crippen molar-refractivity contribution < 1.29 is 9.13 Å². The summed E-state index contributed by atoms with van der Waals surface area (Å²) in [7, 11) is 0. The van der Waals surface area contributed by atoms with Crippen LogP contribution in [0.4, 0.5) is 4.39 Å². The summed E-state index contributed by atoms with van der Waals surface area (Å²) in [6, 6.07) is 4.97. The molecule has 1 aliphatic rings. The molecule has 94 valence electrons. The highest BCUT2D eigenvalue weighted by atomic mass is 19.1. The summed E-state index contributed by atoms with van der Waals surface area (Å²) in [5.74, 6) is -0.0206. The van der Waals surface area contributed by atoms with Crippen LogP contribution in [-0.2, 0) is 0 Å². The standard InChI is InChI=1S/C14H20FNO/c1-9(2)17-12-5-4-10(8-11(12)15)13(16)14(3)6-7-14/h4-5,8-9,13H,6-7,16H2,1-3H3. The summed E-state index contributed by atoms with van der Waals surface area (Å²) < 4.78 is 19.2. The molecule has 2 N–H and O–H groups in total. The van der Waals surface area contributed by atoms with Crippen LogP contribution in [0.1, 0.15) is 45.2 Å². The molecule has 1 aliphatic carbocycles. The molecule has 1 aromatic rings. The lowest BCUT2D eigenvalue weighted by atomic mass is 9.92. The zero-order valence-corrected chi connectivity index (χ0v) is 10.7. The Morgan fingerprint density at radius 3 is 2.47 bits per heavy atom.